The largest absolute Gasteiger partial charge is 0.455 e. The maximum absolute atomic E-state index is 6.83. The lowest BCUT2D eigenvalue weighted by atomic mass is 9.64. The number of furan rings is 1. The van der Waals surface area contributed by atoms with Crippen molar-refractivity contribution >= 4 is 39.3 Å². The van der Waals surface area contributed by atoms with Crippen molar-refractivity contribution < 1.29 is 4.42 Å². The number of hydrogen-bond acceptors (Lipinski definition) is 4. The molecule has 3 unspecified atom stereocenters. The molecule has 1 aliphatic heterocycles. The molecule has 7 aromatic rings. The summed E-state index contributed by atoms with van der Waals surface area (Å²) in [5.41, 5.74) is 17.9. The number of thioether (sulfide) groups is 1. The van der Waals surface area contributed by atoms with Gasteiger partial charge in [0.2, 0.25) is 0 Å². The van der Waals surface area contributed by atoms with Crippen LogP contribution in [0.4, 0.5) is 0 Å². The Labute approximate surface area is 349 Å². The smallest absolute Gasteiger partial charge is 0.164 e. The van der Waals surface area contributed by atoms with Crippen LogP contribution in [0.25, 0.3) is 61.3 Å². The number of nitrogens with zero attached hydrogens (tertiary/aromatic N) is 2. The number of rotatable bonds is 3. The van der Waals surface area contributed by atoms with Crippen molar-refractivity contribution in [2.24, 2.45) is 5.92 Å². The number of allylic oxidation sites excluding steroid dienone is 8. The number of hydrogen-bond donors (Lipinski definition) is 0. The first-order chi connectivity index (χ1) is 29.0. The normalized spacial score (nSPS) is 22.6. The Kier molecular flexibility index (Phi) is 7.19. The van der Waals surface area contributed by atoms with Crippen LogP contribution in [-0.2, 0) is 10.8 Å². The minimum absolute atomic E-state index is 0.0653. The zero-order valence-electron chi connectivity index (χ0n) is 33.5. The molecule has 1 saturated carbocycles. The topological polar surface area (TPSA) is 38.9 Å². The van der Waals surface area contributed by atoms with Gasteiger partial charge in [-0.1, -0.05) is 166 Å². The molecule has 3 nitrogen and oxygen atoms in total. The Morgan fingerprint density at radius 3 is 2.44 bits per heavy atom. The van der Waals surface area contributed by atoms with Crippen molar-refractivity contribution in [1.29, 1.82) is 0 Å². The van der Waals surface area contributed by atoms with E-state index in [9.17, 15) is 0 Å². The predicted octanol–water partition coefficient (Wildman–Crippen LogP) is 14.6. The van der Waals surface area contributed by atoms with E-state index in [0.29, 0.717) is 23.6 Å². The third-order valence-electron chi connectivity index (χ3n) is 15.0. The van der Waals surface area contributed by atoms with Gasteiger partial charge >= 0.3 is 0 Å². The summed E-state index contributed by atoms with van der Waals surface area (Å²) in [5, 5.41) is 3.28. The Hall–Kier alpha value is -5.71. The summed E-state index contributed by atoms with van der Waals surface area (Å²) in [7, 11) is 0. The summed E-state index contributed by atoms with van der Waals surface area (Å²) in [6.45, 7) is 4.93. The van der Waals surface area contributed by atoms with Gasteiger partial charge in [-0.3, -0.25) is 0 Å². The molecule has 5 aromatic carbocycles. The molecule has 5 aliphatic carbocycles. The molecular formula is C55H44N2OS. The van der Waals surface area contributed by atoms with Gasteiger partial charge in [-0.25, -0.2) is 9.97 Å². The van der Waals surface area contributed by atoms with Gasteiger partial charge in [-0.15, -0.1) is 0 Å². The van der Waals surface area contributed by atoms with Gasteiger partial charge < -0.3 is 4.42 Å². The van der Waals surface area contributed by atoms with E-state index in [4.69, 9.17) is 14.4 Å². The molecular weight excluding hydrogens is 737 g/mol. The molecule has 0 radical (unpaired) electrons. The third-order valence-corrected chi connectivity index (χ3v) is 16.1. The van der Waals surface area contributed by atoms with Crippen LogP contribution in [0.5, 0.6) is 0 Å². The SMILES string of the molecule is CC1(C)c2ccccc2C2C=C3C(=CC21)c1c(-c2ccc4oc5c(-c6nc7c(c(-c8ccccc8)n6)C6CC=CC=C6S7)cccc5c4c2)cccc1C31CCCCC1. The van der Waals surface area contributed by atoms with E-state index in [0.717, 1.165) is 50.2 Å². The first kappa shape index (κ1) is 34.2. The molecule has 0 bridgehead atoms. The van der Waals surface area contributed by atoms with Gasteiger partial charge in [0, 0.05) is 39.2 Å². The van der Waals surface area contributed by atoms with Crippen molar-refractivity contribution in [2.75, 3.05) is 0 Å². The zero-order chi connectivity index (χ0) is 39.0. The van der Waals surface area contributed by atoms with Gasteiger partial charge in [0.25, 0.3) is 0 Å². The minimum Gasteiger partial charge on any atom is -0.455 e. The summed E-state index contributed by atoms with van der Waals surface area (Å²) in [6.07, 6.45) is 19.5. The Morgan fingerprint density at radius 1 is 0.729 bits per heavy atom. The van der Waals surface area contributed by atoms with E-state index in [1.165, 1.54) is 76.0 Å². The molecule has 59 heavy (non-hydrogen) atoms. The van der Waals surface area contributed by atoms with Gasteiger partial charge in [0.15, 0.2) is 5.82 Å². The van der Waals surface area contributed by atoms with Crippen LogP contribution in [-0.4, -0.2) is 9.97 Å². The Morgan fingerprint density at radius 2 is 1.54 bits per heavy atom. The Bertz CT molecular complexity index is 3080. The standard InChI is InChI=1S/C55H44N2OS/c1-54(2)42-22-9-7-17-35(42)39-30-45-41(31-44(39)54)48-34(19-14-23-43(48)55(45)27-11-4-12-28-55)33-25-26-46-40(29-33)36-20-13-21-38(51(36)58-46)52-56-50(32-15-5-3-6-16-32)49-37-18-8-10-24-47(37)59-53(49)57-52/h3,5-10,13-17,19-26,29-31,37,39,44H,4,11-12,18,27-28H2,1-2H3. The fourth-order valence-corrected chi connectivity index (χ4v) is 13.4. The molecule has 1 spiro atoms. The monoisotopic (exact) mass is 780 g/mol. The van der Waals surface area contributed by atoms with E-state index in [1.54, 1.807) is 22.9 Å². The third kappa shape index (κ3) is 4.73. The molecule has 3 atom stereocenters. The van der Waals surface area contributed by atoms with Crippen LogP contribution in [0.3, 0.4) is 0 Å². The first-order valence-electron chi connectivity index (χ1n) is 21.6. The van der Waals surface area contributed by atoms with E-state index in [1.807, 2.05) is 0 Å². The molecule has 6 aliphatic rings. The average molecular weight is 781 g/mol. The fraction of sp³-hybridized carbons (Fsp3) is 0.236. The lowest BCUT2D eigenvalue weighted by molar-refractivity contribution is 0.345. The minimum atomic E-state index is 0.0653. The lowest BCUT2D eigenvalue weighted by Gasteiger charge is -2.39. The van der Waals surface area contributed by atoms with Gasteiger partial charge in [0.1, 0.15) is 16.2 Å². The average Bonchev–Trinajstić information content (AvgIpc) is 3.99. The van der Waals surface area contributed by atoms with Crippen molar-refractivity contribution in [2.45, 2.75) is 80.1 Å². The van der Waals surface area contributed by atoms with Gasteiger partial charge in [-0.2, -0.15) is 0 Å². The predicted molar refractivity (Wildman–Crippen MR) is 243 cm³/mol. The first-order valence-corrected chi connectivity index (χ1v) is 22.5. The Balaban J connectivity index is 0.967. The van der Waals surface area contributed by atoms with Gasteiger partial charge in [-0.05, 0) is 98.2 Å². The zero-order valence-corrected chi connectivity index (χ0v) is 34.3. The lowest BCUT2D eigenvalue weighted by Crippen LogP contribution is -2.31. The van der Waals surface area contributed by atoms with Gasteiger partial charge in [0.05, 0.1) is 11.3 Å². The molecule has 3 heterocycles. The van der Waals surface area contributed by atoms with Crippen LogP contribution >= 0.6 is 11.8 Å². The second-order valence-corrected chi connectivity index (χ2v) is 19.3. The molecule has 0 N–H and O–H groups in total. The number of benzene rings is 5. The fourth-order valence-electron chi connectivity index (χ4n) is 12.2. The second-order valence-electron chi connectivity index (χ2n) is 18.3. The molecule has 1 fully saturated rings. The van der Waals surface area contributed by atoms with Crippen molar-refractivity contribution in [3.8, 4) is 33.8 Å². The van der Waals surface area contributed by atoms with E-state index in [2.05, 4.69) is 153 Å². The summed E-state index contributed by atoms with van der Waals surface area (Å²) in [5.74, 6) is 1.87. The van der Waals surface area contributed by atoms with Crippen LogP contribution in [0.15, 0.2) is 159 Å². The van der Waals surface area contributed by atoms with Crippen LogP contribution in [0.2, 0.25) is 0 Å². The van der Waals surface area contributed by atoms with E-state index >= 15 is 0 Å². The summed E-state index contributed by atoms with van der Waals surface area (Å²) in [6, 6.07) is 40.4. The van der Waals surface area contributed by atoms with Crippen molar-refractivity contribution in [3.63, 3.8) is 0 Å². The molecule has 2 aromatic heterocycles. The summed E-state index contributed by atoms with van der Waals surface area (Å²) >= 11 is 1.79. The van der Waals surface area contributed by atoms with E-state index in [-0.39, 0.29) is 10.8 Å². The molecule has 0 amide bonds. The highest BCUT2D eigenvalue weighted by molar-refractivity contribution is 8.03. The number of aromatic nitrogens is 2. The van der Waals surface area contributed by atoms with Crippen LogP contribution in [0, 0.1) is 5.92 Å². The van der Waals surface area contributed by atoms with Crippen LogP contribution in [0.1, 0.15) is 92.0 Å². The number of para-hydroxylation sites is 1. The maximum atomic E-state index is 6.83. The molecule has 0 saturated heterocycles. The summed E-state index contributed by atoms with van der Waals surface area (Å²) < 4.78 is 6.83. The quantitative estimate of drug-likeness (QED) is 0.167. The van der Waals surface area contributed by atoms with Crippen molar-refractivity contribution in [3.05, 3.63) is 178 Å². The number of fused-ring (bicyclic) bond motifs is 14. The molecule has 4 heteroatoms. The highest BCUT2D eigenvalue weighted by Gasteiger charge is 2.53. The second kappa shape index (κ2) is 12.4. The van der Waals surface area contributed by atoms with Crippen LogP contribution < -0.4 is 0 Å². The summed E-state index contributed by atoms with van der Waals surface area (Å²) in [4.78, 5) is 12.0. The molecule has 13 rings (SSSR count). The maximum Gasteiger partial charge on any atom is 0.164 e. The van der Waals surface area contributed by atoms with E-state index < -0.39 is 0 Å². The highest BCUT2D eigenvalue weighted by atomic mass is 32.2. The van der Waals surface area contributed by atoms with Crippen molar-refractivity contribution in [1.82, 2.24) is 9.97 Å². The highest BCUT2D eigenvalue weighted by Crippen LogP contribution is 2.64. The molecule has 286 valence electrons.